The fraction of sp³-hybridized carbons (Fsp3) is 0.500. The van der Waals surface area contributed by atoms with Gasteiger partial charge in [0.15, 0.2) is 0 Å². The first kappa shape index (κ1) is 13.7. The predicted molar refractivity (Wildman–Crippen MR) is 68.8 cm³/mol. The highest BCUT2D eigenvalue weighted by Crippen LogP contribution is 2.19. The van der Waals surface area contributed by atoms with Crippen molar-refractivity contribution in [3.63, 3.8) is 0 Å². The first-order valence-corrected chi connectivity index (χ1v) is 5.98. The summed E-state index contributed by atoms with van der Waals surface area (Å²) in [5.74, 6) is -0.620. The molecule has 0 radical (unpaired) electrons. The lowest BCUT2D eigenvalue weighted by Gasteiger charge is -2.23. The summed E-state index contributed by atoms with van der Waals surface area (Å²) in [6, 6.07) is 10.2. The summed E-state index contributed by atoms with van der Waals surface area (Å²) in [5.41, 5.74) is 5.90. The summed E-state index contributed by atoms with van der Waals surface area (Å²) in [6.07, 6.45) is 2.44. The van der Waals surface area contributed by atoms with Gasteiger partial charge in [0.05, 0.1) is 0 Å². The maximum absolute atomic E-state index is 10.9. The molecule has 0 aliphatic rings. The van der Waals surface area contributed by atoms with E-state index >= 15 is 0 Å². The molecule has 0 unspecified atom stereocenters. The molecule has 17 heavy (non-hydrogen) atoms. The van der Waals surface area contributed by atoms with Crippen molar-refractivity contribution in [2.45, 2.75) is 38.6 Å². The molecule has 3 N–H and O–H groups in total. The normalized spacial score (nSPS) is 16.2. The van der Waals surface area contributed by atoms with Gasteiger partial charge >= 0.3 is 5.97 Å². The standard InChI is InChI=1S/C14H21NO2/c1-11(10-14(2,15)13(16)17)8-9-12-6-4-3-5-7-12/h3-7,11H,8-10,15H2,1-2H3,(H,16,17)/t11-,14-/m1/s1. The molecular weight excluding hydrogens is 214 g/mol. The van der Waals surface area contributed by atoms with Crippen molar-refractivity contribution in [1.82, 2.24) is 0 Å². The van der Waals surface area contributed by atoms with Crippen molar-refractivity contribution in [3.8, 4) is 0 Å². The Labute approximate surface area is 103 Å². The van der Waals surface area contributed by atoms with Crippen LogP contribution in [-0.2, 0) is 11.2 Å². The van der Waals surface area contributed by atoms with Crippen molar-refractivity contribution in [3.05, 3.63) is 35.9 Å². The van der Waals surface area contributed by atoms with Gasteiger partial charge in [0.1, 0.15) is 5.54 Å². The van der Waals surface area contributed by atoms with Crippen LogP contribution in [0.4, 0.5) is 0 Å². The quantitative estimate of drug-likeness (QED) is 0.796. The van der Waals surface area contributed by atoms with Crippen LogP contribution in [0.2, 0.25) is 0 Å². The van der Waals surface area contributed by atoms with E-state index in [0.29, 0.717) is 12.3 Å². The van der Waals surface area contributed by atoms with Crippen LogP contribution < -0.4 is 5.73 Å². The number of carbonyl (C=O) groups is 1. The third-order valence-electron chi connectivity index (χ3n) is 3.03. The van der Waals surface area contributed by atoms with Crippen LogP contribution in [-0.4, -0.2) is 16.6 Å². The van der Waals surface area contributed by atoms with E-state index in [2.05, 4.69) is 19.1 Å². The monoisotopic (exact) mass is 235 g/mol. The summed E-state index contributed by atoms with van der Waals surface area (Å²) in [6.45, 7) is 3.63. The van der Waals surface area contributed by atoms with Gasteiger partial charge in [-0.05, 0) is 37.7 Å². The molecule has 0 saturated carbocycles. The van der Waals surface area contributed by atoms with Crippen LogP contribution in [0.25, 0.3) is 0 Å². The van der Waals surface area contributed by atoms with E-state index in [1.165, 1.54) is 5.56 Å². The number of aliphatic carboxylic acids is 1. The first-order chi connectivity index (χ1) is 7.92. The van der Waals surface area contributed by atoms with Gasteiger partial charge in [0.2, 0.25) is 0 Å². The van der Waals surface area contributed by atoms with Crippen LogP contribution >= 0.6 is 0 Å². The van der Waals surface area contributed by atoms with Crippen molar-refractivity contribution in [1.29, 1.82) is 0 Å². The molecule has 0 saturated heterocycles. The number of carboxylic acids is 1. The molecule has 0 fully saturated rings. The predicted octanol–water partition coefficient (Wildman–Crippen LogP) is 2.45. The van der Waals surface area contributed by atoms with Gasteiger partial charge in [-0.25, -0.2) is 0 Å². The molecule has 0 spiro atoms. The first-order valence-electron chi connectivity index (χ1n) is 5.98. The third-order valence-corrected chi connectivity index (χ3v) is 3.03. The van der Waals surface area contributed by atoms with Crippen molar-refractivity contribution < 1.29 is 9.90 Å². The molecule has 1 rings (SSSR count). The number of hydrogen-bond donors (Lipinski definition) is 2. The van der Waals surface area contributed by atoms with Crippen LogP contribution in [0, 0.1) is 5.92 Å². The highest BCUT2D eigenvalue weighted by Gasteiger charge is 2.29. The van der Waals surface area contributed by atoms with E-state index in [4.69, 9.17) is 10.8 Å². The zero-order valence-electron chi connectivity index (χ0n) is 10.5. The van der Waals surface area contributed by atoms with E-state index in [0.717, 1.165) is 12.8 Å². The Morgan fingerprint density at radius 3 is 2.53 bits per heavy atom. The molecule has 0 heterocycles. The topological polar surface area (TPSA) is 63.3 Å². The molecular formula is C14H21NO2. The second kappa shape index (κ2) is 5.82. The Morgan fingerprint density at radius 1 is 1.41 bits per heavy atom. The third kappa shape index (κ3) is 4.57. The Hall–Kier alpha value is -1.35. The molecule has 3 nitrogen and oxygen atoms in total. The molecule has 0 bridgehead atoms. The van der Waals surface area contributed by atoms with Gasteiger partial charge < -0.3 is 10.8 Å². The van der Waals surface area contributed by atoms with Crippen LogP contribution in [0.1, 0.15) is 32.3 Å². The molecule has 1 aromatic carbocycles. The second-order valence-electron chi connectivity index (χ2n) is 5.06. The number of rotatable bonds is 6. The number of hydrogen-bond acceptors (Lipinski definition) is 2. The lowest BCUT2D eigenvalue weighted by atomic mass is 9.87. The molecule has 0 aromatic heterocycles. The highest BCUT2D eigenvalue weighted by atomic mass is 16.4. The van der Waals surface area contributed by atoms with Crippen molar-refractivity contribution in [2.75, 3.05) is 0 Å². The van der Waals surface area contributed by atoms with Crippen LogP contribution in [0.5, 0.6) is 0 Å². The van der Waals surface area contributed by atoms with E-state index in [9.17, 15) is 4.79 Å². The Balaban J connectivity index is 2.41. The summed E-state index contributed by atoms with van der Waals surface area (Å²) in [4.78, 5) is 10.9. The maximum atomic E-state index is 10.9. The van der Waals surface area contributed by atoms with Gasteiger partial charge in [0.25, 0.3) is 0 Å². The SMILES string of the molecule is C[C@H](CCc1ccccc1)C[C@@](C)(N)C(=O)O. The average molecular weight is 235 g/mol. The van der Waals surface area contributed by atoms with E-state index < -0.39 is 11.5 Å². The van der Waals surface area contributed by atoms with Gasteiger partial charge in [-0.1, -0.05) is 37.3 Å². The molecule has 0 aliphatic heterocycles. The van der Waals surface area contributed by atoms with Gasteiger partial charge in [0, 0.05) is 0 Å². The smallest absolute Gasteiger partial charge is 0.323 e. The molecule has 1 aromatic rings. The molecule has 2 atom stereocenters. The lowest BCUT2D eigenvalue weighted by molar-refractivity contribution is -0.143. The minimum atomic E-state index is -1.11. The maximum Gasteiger partial charge on any atom is 0.323 e. The second-order valence-corrected chi connectivity index (χ2v) is 5.06. The molecule has 0 aliphatic carbocycles. The van der Waals surface area contributed by atoms with Crippen LogP contribution in [0.3, 0.4) is 0 Å². The number of benzene rings is 1. The Morgan fingerprint density at radius 2 is 2.00 bits per heavy atom. The number of nitrogens with two attached hydrogens (primary N) is 1. The van der Waals surface area contributed by atoms with Crippen molar-refractivity contribution in [2.24, 2.45) is 11.7 Å². The minimum Gasteiger partial charge on any atom is -0.480 e. The number of aryl methyl sites for hydroxylation is 1. The van der Waals surface area contributed by atoms with Gasteiger partial charge in [-0.15, -0.1) is 0 Å². The summed E-state index contributed by atoms with van der Waals surface area (Å²) in [7, 11) is 0. The lowest BCUT2D eigenvalue weighted by Crippen LogP contribution is -2.46. The highest BCUT2D eigenvalue weighted by molar-refractivity contribution is 5.77. The molecule has 0 amide bonds. The fourth-order valence-corrected chi connectivity index (χ4v) is 1.97. The molecule has 94 valence electrons. The van der Waals surface area contributed by atoms with Crippen LogP contribution in [0.15, 0.2) is 30.3 Å². The summed E-state index contributed by atoms with van der Waals surface area (Å²) in [5, 5.41) is 8.95. The van der Waals surface area contributed by atoms with Crippen molar-refractivity contribution >= 4 is 5.97 Å². The fourth-order valence-electron chi connectivity index (χ4n) is 1.97. The van der Waals surface area contributed by atoms with E-state index in [-0.39, 0.29) is 0 Å². The number of carboxylic acid groups (broad SMARTS) is 1. The average Bonchev–Trinajstić information content (AvgIpc) is 2.27. The largest absolute Gasteiger partial charge is 0.480 e. The Kier molecular flexibility index (Phi) is 4.70. The summed E-state index contributed by atoms with van der Waals surface area (Å²) >= 11 is 0. The molecule has 3 heteroatoms. The van der Waals surface area contributed by atoms with E-state index in [1.54, 1.807) is 6.92 Å². The van der Waals surface area contributed by atoms with E-state index in [1.807, 2.05) is 18.2 Å². The zero-order valence-corrected chi connectivity index (χ0v) is 10.5. The summed E-state index contributed by atoms with van der Waals surface area (Å²) < 4.78 is 0. The zero-order chi connectivity index (χ0) is 12.9. The van der Waals surface area contributed by atoms with Gasteiger partial charge in [-0.3, -0.25) is 4.79 Å². The van der Waals surface area contributed by atoms with Gasteiger partial charge in [-0.2, -0.15) is 0 Å². The minimum absolute atomic E-state index is 0.307. The Bertz CT molecular complexity index is 360.